The lowest BCUT2D eigenvalue weighted by atomic mass is 9.98. The van der Waals surface area contributed by atoms with Crippen molar-refractivity contribution in [3.63, 3.8) is 0 Å². The van der Waals surface area contributed by atoms with E-state index in [4.69, 9.17) is 0 Å². The third kappa shape index (κ3) is 2.88. The van der Waals surface area contributed by atoms with Crippen LogP contribution in [0.1, 0.15) is 36.9 Å². The number of hydrogen-bond acceptors (Lipinski definition) is 2. The standard InChI is InChI=1S/C15H24N2/c1-11-5-7-13(8-6-11)15(16-3)12(2)17(4)14-9-10-14/h5-8,12,14-16H,9-10H2,1-4H3. The molecule has 0 radical (unpaired) electrons. The van der Waals surface area contributed by atoms with Crippen LogP contribution in [0.2, 0.25) is 0 Å². The molecule has 2 unspecified atom stereocenters. The molecule has 2 rings (SSSR count). The van der Waals surface area contributed by atoms with Crippen molar-refractivity contribution in [1.29, 1.82) is 0 Å². The van der Waals surface area contributed by atoms with Crippen LogP contribution in [0.3, 0.4) is 0 Å². The highest BCUT2D eigenvalue weighted by atomic mass is 15.2. The van der Waals surface area contributed by atoms with Gasteiger partial charge in [0, 0.05) is 18.1 Å². The molecule has 1 saturated carbocycles. The van der Waals surface area contributed by atoms with Crippen LogP contribution < -0.4 is 5.32 Å². The van der Waals surface area contributed by atoms with Gasteiger partial charge >= 0.3 is 0 Å². The summed E-state index contributed by atoms with van der Waals surface area (Å²) in [6.45, 7) is 4.46. The first-order valence-corrected chi connectivity index (χ1v) is 6.59. The van der Waals surface area contributed by atoms with Gasteiger partial charge in [0.1, 0.15) is 0 Å². The molecule has 94 valence electrons. The molecule has 0 aromatic heterocycles. The summed E-state index contributed by atoms with van der Waals surface area (Å²) < 4.78 is 0. The Balaban J connectivity index is 2.11. The number of hydrogen-bond donors (Lipinski definition) is 1. The van der Waals surface area contributed by atoms with Crippen LogP contribution in [0.4, 0.5) is 0 Å². The molecular formula is C15H24N2. The van der Waals surface area contributed by atoms with Gasteiger partial charge in [-0.15, -0.1) is 0 Å². The van der Waals surface area contributed by atoms with Gasteiger partial charge in [-0.3, -0.25) is 4.90 Å². The van der Waals surface area contributed by atoms with E-state index in [0.29, 0.717) is 12.1 Å². The normalized spacial score (nSPS) is 19.4. The summed E-state index contributed by atoms with van der Waals surface area (Å²) in [6.07, 6.45) is 2.73. The predicted octanol–water partition coefficient (Wildman–Crippen LogP) is 2.74. The van der Waals surface area contributed by atoms with Crippen molar-refractivity contribution in [2.24, 2.45) is 0 Å². The van der Waals surface area contributed by atoms with Crippen molar-refractivity contribution in [2.75, 3.05) is 14.1 Å². The monoisotopic (exact) mass is 232 g/mol. The SMILES string of the molecule is CNC(c1ccc(C)cc1)C(C)N(C)C1CC1. The van der Waals surface area contributed by atoms with Crippen LogP contribution >= 0.6 is 0 Å². The largest absolute Gasteiger partial charge is 0.312 e. The first-order valence-electron chi connectivity index (χ1n) is 6.59. The van der Waals surface area contributed by atoms with E-state index >= 15 is 0 Å². The minimum atomic E-state index is 0.418. The summed E-state index contributed by atoms with van der Waals surface area (Å²) in [5.41, 5.74) is 2.71. The molecule has 2 atom stereocenters. The van der Waals surface area contributed by atoms with E-state index in [0.717, 1.165) is 6.04 Å². The van der Waals surface area contributed by atoms with Gasteiger partial charge < -0.3 is 5.32 Å². The molecule has 1 fully saturated rings. The summed E-state index contributed by atoms with van der Waals surface area (Å²) >= 11 is 0. The fourth-order valence-corrected chi connectivity index (χ4v) is 2.51. The van der Waals surface area contributed by atoms with Crippen molar-refractivity contribution < 1.29 is 0 Å². The highest BCUT2D eigenvalue weighted by Gasteiger charge is 2.32. The number of benzene rings is 1. The third-order valence-corrected chi connectivity index (χ3v) is 4.00. The lowest BCUT2D eigenvalue weighted by molar-refractivity contribution is 0.203. The van der Waals surface area contributed by atoms with Gasteiger partial charge in [-0.05, 0) is 46.3 Å². The Morgan fingerprint density at radius 1 is 1.24 bits per heavy atom. The maximum absolute atomic E-state index is 3.46. The number of likely N-dealkylation sites (N-methyl/N-ethyl adjacent to an activating group) is 2. The smallest absolute Gasteiger partial charge is 0.0473 e. The van der Waals surface area contributed by atoms with Gasteiger partial charge in [0.15, 0.2) is 0 Å². The molecular weight excluding hydrogens is 208 g/mol. The summed E-state index contributed by atoms with van der Waals surface area (Å²) in [6, 6.07) is 10.6. The summed E-state index contributed by atoms with van der Waals surface area (Å²) in [5, 5.41) is 3.46. The molecule has 1 aliphatic rings. The quantitative estimate of drug-likeness (QED) is 0.840. The van der Waals surface area contributed by atoms with Gasteiger partial charge in [0.25, 0.3) is 0 Å². The molecule has 17 heavy (non-hydrogen) atoms. The lowest BCUT2D eigenvalue weighted by Gasteiger charge is -2.32. The Morgan fingerprint density at radius 3 is 2.29 bits per heavy atom. The second-order valence-corrected chi connectivity index (χ2v) is 5.31. The minimum absolute atomic E-state index is 0.418. The molecule has 1 aromatic rings. The Morgan fingerprint density at radius 2 is 1.82 bits per heavy atom. The van der Waals surface area contributed by atoms with E-state index in [2.05, 4.69) is 62.4 Å². The predicted molar refractivity (Wildman–Crippen MR) is 73.2 cm³/mol. The second-order valence-electron chi connectivity index (χ2n) is 5.31. The summed E-state index contributed by atoms with van der Waals surface area (Å²) in [4.78, 5) is 2.51. The van der Waals surface area contributed by atoms with E-state index < -0.39 is 0 Å². The average Bonchev–Trinajstić information content (AvgIpc) is 3.15. The fourth-order valence-electron chi connectivity index (χ4n) is 2.51. The first-order chi connectivity index (χ1) is 8.13. The molecule has 1 N–H and O–H groups in total. The molecule has 0 bridgehead atoms. The van der Waals surface area contributed by atoms with E-state index in [1.54, 1.807) is 0 Å². The molecule has 2 heteroatoms. The molecule has 0 spiro atoms. The van der Waals surface area contributed by atoms with E-state index in [-0.39, 0.29) is 0 Å². The summed E-state index contributed by atoms with van der Waals surface area (Å²) in [7, 11) is 4.31. The Kier molecular flexibility index (Phi) is 3.85. The van der Waals surface area contributed by atoms with Crippen LogP contribution in [0, 0.1) is 6.92 Å². The fraction of sp³-hybridized carbons (Fsp3) is 0.600. The van der Waals surface area contributed by atoms with Gasteiger partial charge in [-0.2, -0.15) is 0 Å². The molecule has 0 amide bonds. The highest BCUT2D eigenvalue weighted by Crippen LogP contribution is 2.31. The molecule has 0 saturated heterocycles. The molecule has 0 heterocycles. The number of nitrogens with zero attached hydrogens (tertiary/aromatic N) is 1. The van der Waals surface area contributed by atoms with Crippen molar-refractivity contribution in [3.05, 3.63) is 35.4 Å². The second kappa shape index (κ2) is 5.19. The zero-order chi connectivity index (χ0) is 12.4. The number of rotatable bonds is 5. The maximum atomic E-state index is 3.46. The van der Waals surface area contributed by atoms with E-state index in [9.17, 15) is 0 Å². The van der Waals surface area contributed by atoms with Crippen molar-refractivity contribution in [2.45, 2.75) is 44.8 Å². The van der Waals surface area contributed by atoms with Crippen LogP contribution in [-0.4, -0.2) is 31.1 Å². The van der Waals surface area contributed by atoms with Crippen LogP contribution in [-0.2, 0) is 0 Å². The zero-order valence-electron chi connectivity index (χ0n) is 11.4. The van der Waals surface area contributed by atoms with E-state index in [1.807, 2.05) is 0 Å². The van der Waals surface area contributed by atoms with Crippen LogP contribution in [0.15, 0.2) is 24.3 Å². The Hall–Kier alpha value is -0.860. The summed E-state index contributed by atoms with van der Waals surface area (Å²) in [5.74, 6) is 0. The van der Waals surface area contributed by atoms with Crippen molar-refractivity contribution in [3.8, 4) is 0 Å². The first kappa shape index (κ1) is 12.6. The third-order valence-electron chi connectivity index (χ3n) is 4.00. The van der Waals surface area contributed by atoms with Crippen LogP contribution in [0.25, 0.3) is 0 Å². The Labute approximate surface area is 105 Å². The van der Waals surface area contributed by atoms with E-state index in [1.165, 1.54) is 24.0 Å². The topological polar surface area (TPSA) is 15.3 Å². The van der Waals surface area contributed by atoms with Crippen LogP contribution in [0.5, 0.6) is 0 Å². The molecule has 0 aliphatic heterocycles. The highest BCUT2D eigenvalue weighted by molar-refractivity contribution is 5.25. The van der Waals surface area contributed by atoms with Gasteiger partial charge in [0.2, 0.25) is 0 Å². The molecule has 2 nitrogen and oxygen atoms in total. The lowest BCUT2D eigenvalue weighted by Crippen LogP contribution is -2.40. The van der Waals surface area contributed by atoms with Gasteiger partial charge in [-0.1, -0.05) is 29.8 Å². The number of aryl methyl sites for hydroxylation is 1. The Bertz CT molecular complexity index is 354. The average molecular weight is 232 g/mol. The van der Waals surface area contributed by atoms with Gasteiger partial charge in [-0.25, -0.2) is 0 Å². The maximum Gasteiger partial charge on any atom is 0.0473 e. The van der Waals surface area contributed by atoms with Crippen molar-refractivity contribution in [1.82, 2.24) is 10.2 Å². The minimum Gasteiger partial charge on any atom is -0.312 e. The number of nitrogens with one attached hydrogen (secondary N) is 1. The molecule has 1 aromatic carbocycles. The zero-order valence-corrected chi connectivity index (χ0v) is 11.4. The van der Waals surface area contributed by atoms with Gasteiger partial charge in [0.05, 0.1) is 0 Å². The molecule has 1 aliphatic carbocycles. The van der Waals surface area contributed by atoms with Crippen molar-refractivity contribution >= 4 is 0 Å².